The van der Waals surface area contributed by atoms with Gasteiger partial charge in [0.25, 0.3) is 0 Å². The van der Waals surface area contributed by atoms with Crippen molar-refractivity contribution in [1.29, 1.82) is 0 Å². The van der Waals surface area contributed by atoms with Crippen molar-refractivity contribution in [3.63, 3.8) is 0 Å². The zero-order chi connectivity index (χ0) is 14.7. The molecule has 0 aliphatic carbocycles. The second kappa shape index (κ2) is 6.14. The molecular formula is C17H18F2O. The first-order chi connectivity index (χ1) is 9.54. The number of rotatable bonds is 4. The Hall–Kier alpha value is -1.74. The van der Waals surface area contributed by atoms with E-state index in [2.05, 4.69) is 0 Å². The fourth-order valence-electron chi connectivity index (χ4n) is 2.45. The first kappa shape index (κ1) is 14.7. The molecule has 0 fully saturated rings. The molecule has 1 N–H and O–H groups in total. The lowest BCUT2D eigenvalue weighted by Gasteiger charge is -2.23. The van der Waals surface area contributed by atoms with Crippen LogP contribution in [-0.2, 0) is 0 Å². The number of benzene rings is 2. The fourth-order valence-corrected chi connectivity index (χ4v) is 2.45. The lowest BCUT2D eigenvalue weighted by Crippen LogP contribution is -2.12. The van der Waals surface area contributed by atoms with Crippen LogP contribution in [0.5, 0.6) is 0 Å². The molecule has 0 bridgehead atoms. The zero-order valence-electron chi connectivity index (χ0n) is 11.6. The van der Waals surface area contributed by atoms with Gasteiger partial charge in [-0.3, -0.25) is 0 Å². The molecule has 2 aromatic carbocycles. The van der Waals surface area contributed by atoms with Gasteiger partial charge in [0.2, 0.25) is 0 Å². The Kier molecular flexibility index (Phi) is 4.50. The van der Waals surface area contributed by atoms with E-state index in [0.717, 1.165) is 17.7 Å². The third kappa shape index (κ3) is 2.88. The van der Waals surface area contributed by atoms with Crippen molar-refractivity contribution in [2.75, 3.05) is 0 Å². The quantitative estimate of drug-likeness (QED) is 0.871. The van der Waals surface area contributed by atoms with Gasteiger partial charge in [-0.15, -0.1) is 0 Å². The molecule has 0 aliphatic rings. The summed E-state index contributed by atoms with van der Waals surface area (Å²) in [6.07, 6.45) is -0.419. The standard InChI is InChI=1S/C17H18F2O/c1-3-13(12-7-5-4-6-8-12)17(20)14-10-15(18)11(2)9-16(14)19/h4-10,13,17,20H,3H2,1-2H3. The fraction of sp³-hybridized carbons (Fsp3) is 0.294. The molecule has 0 aromatic heterocycles. The number of hydrogen-bond donors (Lipinski definition) is 1. The first-order valence-electron chi connectivity index (χ1n) is 6.73. The number of aryl methyl sites for hydroxylation is 1. The van der Waals surface area contributed by atoms with Gasteiger partial charge >= 0.3 is 0 Å². The van der Waals surface area contributed by atoms with Crippen LogP contribution in [0.1, 0.15) is 42.1 Å². The van der Waals surface area contributed by atoms with Crippen LogP contribution < -0.4 is 0 Å². The molecule has 3 heteroatoms. The Morgan fingerprint density at radius 2 is 1.70 bits per heavy atom. The molecule has 2 unspecified atom stereocenters. The highest BCUT2D eigenvalue weighted by atomic mass is 19.1. The molecule has 0 heterocycles. The third-order valence-electron chi connectivity index (χ3n) is 3.65. The summed E-state index contributed by atoms with van der Waals surface area (Å²) in [7, 11) is 0. The molecule has 20 heavy (non-hydrogen) atoms. The Balaban J connectivity index is 2.39. The van der Waals surface area contributed by atoms with Crippen molar-refractivity contribution >= 4 is 0 Å². The van der Waals surface area contributed by atoms with Crippen molar-refractivity contribution in [3.8, 4) is 0 Å². The van der Waals surface area contributed by atoms with Crippen molar-refractivity contribution in [1.82, 2.24) is 0 Å². The maximum atomic E-state index is 14.0. The molecular weight excluding hydrogens is 258 g/mol. The van der Waals surface area contributed by atoms with Crippen LogP contribution in [-0.4, -0.2) is 5.11 Å². The summed E-state index contributed by atoms with van der Waals surface area (Å²) in [5.74, 6) is -1.32. The van der Waals surface area contributed by atoms with Crippen LogP contribution in [0.15, 0.2) is 42.5 Å². The van der Waals surface area contributed by atoms with Gasteiger partial charge in [0.1, 0.15) is 11.6 Å². The summed E-state index contributed by atoms with van der Waals surface area (Å²) in [4.78, 5) is 0. The second-order valence-electron chi connectivity index (χ2n) is 4.99. The minimum Gasteiger partial charge on any atom is -0.388 e. The molecule has 106 valence electrons. The lowest BCUT2D eigenvalue weighted by molar-refractivity contribution is 0.138. The summed E-state index contributed by atoms with van der Waals surface area (Å²) in [6.45, 7) is 3.42. The molecule has 0 aliphatic heterocycles. The maximum absolute atomic E-state index is 14.0. The smallest absolute Gasteiger partial charge is 0.129 e. The monoisotopic (exact) mass is 276 g/mol. The molecule has 0 spiro atoms. The minimum absolute atomic E-state index is 0.0174. The van der Waals surface area contributed by atoms with Crippen LogP contribution >= 0.6 is 0 Å². The van der Waals surface area contributed by atoms with E-state index in [1.807, 2.05) is 37.3 Å². The van der Waals surface area contributed by atoms with Gasteiger partial charge in [0, 0.05) is 11.5 Å². The Morgan fingerprint density at radius 1 is 1.05 bits per heavy atom. The predicted molar refractivity (Wildman–Crippen MR) is 75.5 cm³/mol. The van der Waals surface area contributed by atoms with E-state index in [4.69, 9.17) is 0 Å². The normalized spacial score (nSPS) is 14.1. The number of halogens is 2. The number of hydrogen-bond acceptors (Lipinski definition) is 1. The van der Waals surface area contributed by atoms with Crippen molar-refractivity contribution in [3.05, 3.63) is 70.8 Å². The van der Waals surface area contributed by atoms with Gasteiger partial charge < -0.3 is 5.11 Å². The summed E-state index contributed by atoms with van der Waals surface area (Å²) in [5.41, 5.74) is 1.18. The van der Waals surface area contributed by atoms with E-state index in [1.165, 1.54) is 6.92 Å². The summed E-state index contributed by atoms with van der Waals surface area (Å²) in [6, 6.07) is 11.6. The van der Waals surface area contributed by atoms with Gasteiger partial charge in [-0.1, -0.05) is 37.3 Å². The van der Waals surface area contributed by atoms with Gasteiger partial charge in [0.05, 0.1) is 6.10 Å². The molecule has 1 nitrogen and oxygen atoms in total. The SMILES string of the molecule is CCC(c1ccccc1)C(O)c1cc(F)c(C)cc1F. The van der Waals surface area contributed by atoms with Crippen molar-refractivity contribution in [2.24, 2.45) is 0 Å². The summed E-state index contributed by atoms with van der Waals surface area (Å²) >= 11 is 0. The van der Waals surface area contributed by atoms with Crippen molar-refractivity contribution in [2.45, 2.75) is 32.3 Å². The molecule has 0 saturated heterocycles. The van der Waals surface area contributed by atoms with Gasteiger partial charge in [-0.2, -0.15) is 0 Å². The lowest BCUT2D eigenvalue weighted by atomic mass is 9.86. The highest BCUT2D eigenvalue weighted by molar-refractivity contribution is 5.30. The topological polar surface area (TPSA) is 20.2 Å². The van der Waals surface area contributed by atoms with E-state index < -0.39 is 17.7 Å². The van der Waals surface area contributed by atoms with E-state index in [9.17, 15) is 13.9 Å². The van der Waals surface area contributed by atoms with Gasteiger partial charge in [0.15, 0.2) is 0 Å². The Bertz CT molecular complexity index is 581. The molecule has 2 rings (SSSR count). The molecule has 0 amide bonds. The molecule has 2 aromatic rings. The Morgan fingerprint density at radius 3 is 2.30 bits per heavy atom. The number of aliphatic hydroxyl groups excluding tert-OH is 1. The minimum atomic E-state index is -1.06. The number of aliphatic hydroxyl groups is 1. The maximum Gasteiger partial charge on any atom is 0.129 e. The highest BCUT2D eigenvalue weighted by Crippen LogP contribution is 2.35. The van der Waals surface area contributed by atoms with E-state index >= 15 is 0 Å². The molecule has 2 atom stereocenters. The van der Waals surface area contributed by atoms with Crippen LogP contribution in [0.3, 0.4) is 0 Å². The van der Waals surface area contributed by atoms with Gasteiger partial charge in [-0.25, -0.2) is 8.78 Å². The second-order valence-corrected chi connectivity index (χ2v) is 4.99. The van der Waals surface area contributed by atoms with E-state index in [0.29, 0.717) is 6.42 Å². The molecule has 0 saturated carbocycles. The summed E-state index contributed by atoms with van der Waals surface area (Å²) < 4.78 is 27.6. The van der Waals surface area contributed by atoms with Crippen LogP contribution in [0.4, 0.5) is 8.78 Å². The summed E-state index contributed by atoms with van der Waals surface area (Å²) in [5, 5.41) is 10.4. The zero-order valence-corrected chi connectivity index (χ0v) is 11.6. The van der Waals surface area contributed by atoms with Gasteiger partial charge in [-0.05, 0) is 36.6 Å². The molecule has 0 radical (unpaired) electrons. The predicted octanol–water partition coefficient (Wildman–Crippen LogP) is 4.50. The highest BCUT2D eigenvalue weighted by Gasteiger charge is 2.24. The third-order valence-corrected chi connectivity index (χ3v) is 3.65. The average Bonchev–Trinajstić information content (AvgIpc) is 2.44. The van der Waals surface area contributed by atoms with E-state index in [-0.39, 0.29) is 17.0 Å². The van der Waals surface area contributed by atoms with Crippen LogP contribution in [0, 0.1) is 18.6 Å². The first-order valence-corrected chi connectivity index (χ1v) is 6.73. The van der Waals surface area contributed by atoms with Crippen molar-refractivity contribution < 1.29 is 13.9 Å². The Labute approximate surface area is 117 Å². The largest absolute Gasteiger partial charge is 0.388 e. The average molecular weight is 276 g/mol. The van der Waals surface area contributed by atoms with Crippen LogP contribution in [0.25, 0.3) is 0 Å². The van der Waals surface area contributed by atoms with E-state index in [1.54, 1.807) is 0 Å². The van der Waals surface area contributed by atoms with Crippen LogP contribution in [0.2, 0.25) is 0 Å².